The number of aromatic nitrogens is 1. The van der Waals surface area contributed by atoms with Crippen LogP contribution in [0.5, 0.6) is 0 Å². The van der Waals surface area contributed by atoms with E-state index in [-0.39, 0.29) is 5.91 Å². The number of carbonyl (C=O) groups excluding carboxylic acids is 1. The topological polar surface area (TPSA) is 59.2 Å². The van der Waals surface area contributed by atoms with E-state index in [0.717, 1.165) is 15.6 Å². The molecule has 0 atom stereocenters. The highest BCUT2D eigenvalue weighted by atomic mass is 79.9. The molecule has 0 unspecified atom stereocenters. The first-order valence-corrected chi connectivity index (χ1v) is 7.04. The van der Waals surface area contributed by atoms with E-state index in [1.54, 1.807) is 24.2 Å². The van der Waals surface area contributed by atoms with E-state index >= 15 is 0 Å². The zero-order valence-electron chi connectivity index (χ0n) is 11.2. The largest absolute Gasteiger partial charge is 0.336 e. The van der Waals surface area contributed by atoms with Gasteiger partial charge in [-0.15, -0.1) is 0 Å². The van der Waals surface area contributed by atoms with Gasteiger partial charge in [0.15, 0.2) is 0 Å². The van der Waals surface area contributed by atoms with Gasteiger partial charge in [0.25, 0.3) is 5.91 Å². The summed E-state index contributed by atoms with van der Waals surface area (Å²) < 4.78 is 1.02. The van der Waals surface area contributed by atoms with Gasteiger partial charge in [-0.3, -0.25) is 9.78 Å². The summed E-state index contributed by atoms with van der Waals surface area (Å²) in [6.45, 7) is 0.944. The molecule has 2 aromatic rings. The lowest BCUT2D eigenvalue weighted by atomic mass is 10.2. The van der Waals surface area contributed by atoms with Crippen LogP contribution in [-0.2, 0) is 13.1 Å². The highest BCUT2D eigenvalue weighted by Gasteiger charge is 2.13. The third-order valence-corrected chi connectivity index (χ3v) is 3.49. The minimum atomic E-state index is -0.108. The normalized spacial score (nSPS) is 10.3. The van der Waals surface area contributed by atoms with Crippen LogP contribution in [0.2, 0.25) is 0 Å². The van der Waals surface area contributed by atoms with Crippen LogP contribution in [0.25, 0.3) is 0 Å². The van der Waals surface area contributed by atoms with Gasteiger partial charge in [-0.1, -0.05) is 28.1 Å². The Morgan fingerprint density at radius 3 is 2.60 bits per heavy atom. The molecule has 0 aliphatic heterocycles. The van der Waals surface area contributed by atoms with E-state index in [9.17, 15) is 4.79 Å². The monoisotopic (exact) mass is 333 g/mol. The van der Waals surface area contributed by atoms with Crippen molar-refractivity contribution < 1.29 is 4.79 Å². The minimum absolute atomic E-state index is 0.108. The van der Waals surface area contributed by atoms with Gasteiger partial charge in [0.1, 0.15) is 5.69 Å². The standard InChI is InChI=1S/C15H16BrN3O/c1-19(10-11-2-4-13(16)5-3-11)15(20)14-8-12(9-17)6-7-18-14/h2-8H,9-10,17H2,1H3. The lowest BCUT2D eigenvalue weighted by Crippen LogP contribution is -2.27. The van der Waals surface area contributed by atoms with Gasteiger partial charge >= 0.3 is 0 Å². The SMILES string of the molecule is CN(Cc1ccc(Br)cc1)C(=O)c1cc(CN)ccn1. The van der Waals surface area contributed by atoms with E-state index < -0.39 is 0 Å². The quantitative estimate of drug-likeness (QED) is 0.935. The third kappa shape index (κ3) is 3.65. The predicted octanol–water partition coefficient (Wildman–Crippen LogP) is 2.58. The Morgan fingerprint density at radius 2 is 1.95 bits per heavy atom. The van der Waals surface area contributed by atoms with Crippen LogP contribution in [-0.4, -0.2) is 22.8 Å². The van der Waals surface area contributed by atoms with Crippen molar-refractivity contribution >= 4 is 21.8 Å². The number of halogens is 1. The molecule has 0 spiro atoms. The van der Waals surface area contributed by atoms with Crippen LogP contribution >= 0.6 is 15.9 Å². The number of rotatable bonds is 4. The van der Waals surface area contributed by atoms with E-state index in [4.69, 9.17) is 5.73 Å². The highest BCUT2D eigenvalue weighted by molar-refractivity contribution is 9.10. The predicted molar refractivity (Wildman–Crippen MR) is 82.1 cm³/mol. The number of nitrogens with two attached hydrogens (primary N) is 1. The number of hydrogen-bond donors (Lipinski definition) is 1. The number of carbonyl (C=O) groups is 1. The molecule has 1 aromatic heterocycles. The van der Waals surface area contributed by atoms with Gasteiger partial charge in [0.05, 0.1) is 0 Å². The maximum absolute atomic E-state index is 12.3. The molecule has 4 nitrogen and oxygen atoms in total. The van der Waals surface area contributed by atoms with Crippen LogP contribution in [0.4, 0.5) is 0 Å². The van der Waals surface area contributed by atoms with Crippen molar-refractivity contribution in [2.75, 3.05) is 7.05 Å². The van der Waals surface area contributed by atoms with Crippen molar-refractivity contribution in [3.8, 4) is 0 Å². The maximum atomic E-state index is 12.3. The van der Waals surface area contributed by atoms with Gasteiger partial charge in [-0.05, 0) is 35.4 Å². The highest BCUT2D eigenvalue weighted by Crippen LogP contribution is 2.13. The second-order valence-corrected chi connectivity index (χ2v) is 5.46. The summed E-state index contributed by atoms with van der Waals surface area (Å²) in [5.41, 5.74) is 7.97. The first-order valence-electron chi connectivity index (χ1n) is 6.25. The Balaban J connectivity index is 2.09. The molecule has 1 aromatic carbocycles. The first-order chi connectivity index (χ1) is 9.60. The zero-order chi connectivity index (χ0) is 14.5. The van der Waals surface area contributed by atoms with Crippen LogP contribution in [0.15, 0.2) is 47.1 Å². The van der Waals surface area contributed by atoms with Crippen LogP contribution in [0, 0.1) is 0 Å². The molecular formula is C15H16BrN3O. The van der Waals surface area contributed by atoms with Crippen LogP contribution in [0.3, 0.4) is 0 Å². The second-order valence-electron chi connectivity index (χ2n) is 4.54. The van der Waals surface area contributed by atoms with E-state index in [0.29, 0.717) is 18.8 Å². The van der Waals surface area contributed by atoms with Crippen molar-refractivity contribution in [1.82, 2.24) is 9.88 Å². The fourth-order valence-electron chi connectivity index (χ4n) is 1.85. The summed E-state index contributed by atoms with van der Waals surface area (Å²) >= 11 is 3.39. The first kappa shape index (κ1) is 14.7. The average Bonchev–Trinajstić information content (AvgIpc) is 2.48. The summed E-state index contributed by atoms with van der Waals surface area (Å²) in [5.74, 6) is -0.108. The lowest BCUT2D eigenvalue weighted by molar-refractivity contribution is 0.0779. The molecule has 0 aliphatic rings. The van der Waals surface area contributed by atoms with Crippen molar-refractivity contribution in [1.29, 1.82) is 0 Å². The molecule has 5 heteroatoms. The molecule has 2 N–H and O–H groups in total. The van der Waals surface area contributed by atoms with Crippen LogP contribution in [0.1, 0.15) is 21.6 Å². The van der Waals surface area contributed by atoms with Gasteiger partial charge in [0, 0.05) is 30.8 Å². The number of amides is 1. The number of hydrogen-bond acceptors (Lipinski definition) is 3. The molecule has 0 saturated heterocycles. The summed E-state index contributed by atoms with van der Waals surface area (Å²) in [7, 11) is 1.77. The number of nitrogens with zero attached hydrogens (tertiary/aromatic N) is 2. The summed E-state index contributed by atoms with van der Waals surface area (Å²) in [5, 5.41) is 0. The van der Waals surface area contributed by atoms with Gasteiger partial charge in [-0.2, -0.15) is 0 Å². The Labute approximate surface area is 126 Å². The molecular weight excluding hydrogens is 318 g/mol. The van der Waals surface area contributed by atoms with Crippen molar-refractivity contribution in [3.05, 3.63) is 63.9 Å². The van der Waals surface area contributed by atoms with Gasteiger partial charge in [0.2, 0.25) is 0 Å². The summed E-state index contributed by atoms with van der Waals surface area (Å²) in [6, 6.07) is 11.4. The Hall–Kier alpha value is -1.72. The molecule has 0 fully saturated rings. The lowest BCUT2D eigenvalue weighted by Gasteiger charge is -2.17. The summed E-state index contributed by atoms with van der Waals surface area (Å²) in [4.78, 5) is 18.1. The minimum Gasteiger partial charge on any atom is -0.336 e. The Bertz CT molecular complexity index is 598. The third-order valence-electron chi connectivity index (χ3n) is 2.96. The fourth-order valence-corrected chi connectivity index (χ4v) is 2.11. The molecule has 0 bridgehead atoms. The Morgan fingerprint density at radius 1 is 1.25 bits per heavy atom. The molecule has 20 heavy (non-hydrogen) atoms. The smallest absolute Gasteiger partial charge is 0.272 e. The molecule has 1 heterocycles. The van der Waals surface area contributed by atoms with Gasteiger partial charge < -0.3 is 10.6 Å². The Kier molecular flexibility index (Phi) is 4.87. The molecule has 0 aliphatic carbocycles. The van der Waals surface area contributed by atoms with Crippen molar-refractivity contribution in [3.63, 3.8) is 0 Å². The van der Waals surface area contributed by atoms with Crippen LogP contribution < -0.4 is 5.73 Å². The zero-order valence-corrected chi connectivity index (χ0v) is 12.8. The van der Waals surface area contributed by atoms with E-state index in [2.05, 4.69) is 20.9 Å². The average molecular weight is 334 g/mol. The van der Waals surface area contributed by atoms with Crippen molar-refractivity contribution in [2.45, 2.75) is 13.1 Å². The maximum Gasteiger partial charge on any atom is 0.272 e. The van der Waals surface area contributed by atoms with E-state index in [1.807, 2.05) is 30.3 Å². The van der Waals surface area contributed by atoms with Crippen molar-refractivity contribution in [2.24, 2.45) is 5.73 Å². The number of benzene rings is 1. The summed E-state index contributed by atoms with van der Waals surface area (Å²) in [6.07, 6.45) is 1.61. The fraction of sp³-hybridized carbons (Fsp3) is 0.200. The molecule has 104 valence electrons. The van der Waals surface area contributed by atoms with Gasteiger partial charge in [-0.25, -0.2) is 0 Å². The second kappa shape index (κ2) is 6.63. The number of pyridine rings is 1. The van der Waals surface area contributed by atoms with E-state index in [1.165, 1.54) is 0 Å². The molecule has 0 saturated carbocycles. The molecule has 1 amide bonds. The molecule has 2 rings (SSSR count). The molecule has 0 radical (unpaired) electrons.